The molecule has 10 nitrogen and oxygen atoms in total. The van der Waals surface area contributed by atoms with Crippen LogP contribution >= 0.6 is 0 Å². The van der Waals surface area contributed by atoms with Gasteiger partial charge >= 0.3 is 0 Å². The van der Waals surface area contributed by atoms with Crippen LogP contribution in [-0.4, -0.2) is 72.4 Å². The third-order valence-electron chi connectivity index (χ3n) is 7.20. The molecule has 198 valence electrons. The minimum Gasteiger partial charge on any atom is -0.497 e. The smallest absolute Gasteiger partial charge is 0.277 e. The number of hydrogen-bond acceptors (Lipinski definition) is 6. The van der Waals surface area contributed by atoms with Crippen molar-refractivity contribution in [3.63, 3.8) is 0 Å². The molecule has 0 unspecified atom stereocenters. The fourth-order valence-corrected chi connectivity index (χ4v) is 5.09. The van der Waals surface area contributed by atoms with E-state index in [1.54, 1.807) is 36.3 Å². The van der Waals surface area contributed by atoms with Crippen molar-refractivity contribution in [3.05, 3.63) is 71.0 Å². The molecular formula is C28H31N5O5. The molecule has 3 heterocycles. The van der Waals surface area contributed by atoms with Gasteiger partial charge in [0, 0.05) is 36.3 Å². The summed E-state index contributed by atoms with van der Waals surface area (Å²) in [5.74, 6) is -0.258. The van der Waals surface area contributed by atoms with Crippen LogP contribution in [0.5, 0.6) is 5.75 Å². The van der Waals surface area contributed by atoms with Crippen LogP contribution in [0.3, 0.4) is 0 Å². The predicted molar refractivity (Wildman–Crippen MR) is 141 cm³/mol. The van der Waals surface area contributed by atoms with Gasteiger partial charge in [-0.1, -0.05) is 26.0 Å². The zero-order valence-electron chi connectivity index (χ0n) is 21.8. The van der Waals surface area contributed by atoms with E-state index in [1.165, 1.54) is 4.68 Å². The second-order valence-corrected chi connectivity index (χ2v) is 10.2. The minimum absolute atomic E-state index is 0.000496. The van der Waals surface area contributed by atoms with Gasteiger partial charge in [0.15, 0.2) is 5.69 Å². The summed E-state index contributed by atoms with van der Waals surface area (Å²) in [5.41, 5.74) is 8.74. The number of amides is 3. The second kappa shape index (κ2) is 9.94. The Bertz CT molecular complexity index is 1380. The van der Waals surface area contributed by atoms with Crippen molar-refractivity contribution in [2.45, 2.75) is 25.7 Å². The number of carbonyl (C=O) groups is 3. The Morgan fingerprint density at radius 3 is 2.37 bits per heavy atom. The number of morpholine rings is 1. The highest BCUT2D eigenvalue weighted by Gasteiger charge is 2.35. The van der Waals surface area contributed by atoms with Crippen LogP contribution in [0.1, 0.15) is 46.0 Å². The van der Waals surface area contributed by atoms with Crippen LogP contribution in [0.25, 0.3) is 5.69 Å². The molecule has 0 bridgehead atoms. The average Bonchev–Trinajstić information content (AvgIpc) is 3.31. The maximum absolute atomic E-state index is 13.8. The first-order valence-corrected chi connectivity index (χ1v) is 12.5. The molecule has 1 aromatic heterocycles. The number of benzene rings is 2. The fourth-order valence-electron chi connectivity index (χ4n) is 5.09. The quantitative estimate of drug-likeness (QED) is 0.514. The van der Waals surface area contributed by atoms with Gasteiger partial charge in [-0.15, -0.1) is 0 Å². The summed E-state index contributed by atoms with van der Waals surface area (Å²) in [6.07, 6.45) is 0.446. The van der Waals surface area contributed by atoms with E-state index in [-0.39, 0.29) is 29.5 Å². The van der Waals surface area contributed by atoms with Gasteiger partial charge in [0.05, 0.1) is 19.4 Å². The van der Waals surface area contributed by atoms with Gasteiger partial charge < -0.3 is 25.0 Å². The summed E-state index contributed by atoms with van der Waals surface area (Å²) in [7, 11) is 1.58. The van der Waals surface area contributed by atoms with Crippen LogP contribution in [-0.2, 0) is 21.4 Å². The lowest BCUT2D eigenvalue weighted by Gasteiger charge is -2.35. The normalized spacial score (nSPS) is 16.0. The van der Waals surface area contributed by atoms with E-state index in [4.69, 9.17) is 15.2 Å². The summed E-state index contributed by atoms with van der Waals surface area (Å²) < 4.78 is 12.0. The summed E-state index contributed by atoms with van der Waals surface area (Å²) in [4.78, 5) is 41.7. The van der Waals surface area contributed by atoms with E-state index in [2.05, 4.69) is 18.9 Å². The maximum Gasteiger partial charge on any atom is 0.277 e. The van der Waals surface area contributed by atoms with Gasteiger partial charge in [-0.2, -0.15) is 5.10 Å². The molecule has 0 radical (unpaired) electrons. The van der Waals surface area contributed by atoms with Crippen molar-refractivity contribution >= 4 is 23.4 Å². The second-order valence-electron chi connectivity index (χ2n) is 10.2. The summed E-state index contributed by atoms with van der Waals surface area (Å²) >= 11 is 0. The van der Waals surface area contributed by atoms with E-state index in [9.17, 15) is 14.4 Å². The minimum atomic E-state index is -0.667. The van der Waals surface area contributed by atoms with E-state index in [0.717, 1.165) is 11.3 Å². The zero-order valence-corrected chi connectivity index (χ0v) is 21.8. The topological polar surface area (TPSA) is 120 Å². The van der Waals surface area contributed by atoms with Crippen LogP contribution in [0.4, 0.5) is 5.69 Å². The highest BCUT2D eigenvalue weighted by atomic mass is 16.5. The number of primary amides is 1. The largest absolute Gasteiger partial charge is 0.497 e. The lowest BCUT2D eigenvalue weighted by molar-refractivity contribution is -0.143. The first kappa shape index (κ1) is 25.5. The number of nitrogens with two attached hydrogens (primary N) is 1. The first-order valence-electron chi connectivity index (χ1n) is 12.5. The maximum atomic E-state index is 13.8. The highest BCUT2D eigenvalue weighted by Crippen LogP contribution is 2.31. The SMILES string of the molecule is COc1ccc(-n2nc(C(N)=O)c3c2C(=O)N(c2ccc(C(C)(C)CN4CCOCC4=O)cc2)CC3)cc1. The standard InChI is InChI=1S/C28H31N5O5/c1-28(2,17-31-14-15-38-16-23(31)34)18-4-6-19(7-5-18)32-13-12-22-24(26(29)35)30-33(25(22)27(32)36)20-8-10-21(37-3)11-9-20/h4-11H,12-17H2,1-3H3,(H2,29,35). The Balaban J connectivity index is 1.43. The van der Waals surface area contributed by atoms with Crippen molar-refractivity contribution in [2.24, 2.45) is 5.73 Å². The molecule has 0 saturated carbocycles. The molecule has 0 spiro atoms. The Morgan fingerprint density at radius 2 is 1.74 bits per heavy atom. The van der Waals surface area contributed by atoms with E-state index in [0.29, 0.717) is 55.4 Å². The Kier molecular flexibility index (Phi) is 6.66. The number of aromatic nitrogens is 2. The highest BCUT2D eigenvalue weighted by molar-refractivity contribution is 6.09. The Hall–Kier alpha value is -4.18. The van der Waals surface area contributed by atoms with Crippen molar-refractivity contribution in [1.82, 2.24) is 14.7 Å². The van der Waals surface area contributed by atoms with E-state index < -0.39 is 5.91 Å². The Labute approximate surface area is 220 Å². The number of anilines is 1. The van der Waals surface area contributed by atoms with Gasteiger partial charge in [0.25, 0.3) is 11.8 Å². The van der Waals surface area contributed by atoms with Gasteiger partial charge in [-0.3, -0.25) is 14.4 Å². The van der Waals surface area contributed by atoms with Gasteiger partial charge in [0.1, 0.15) is 18.1 Å². The summed E-state index contributed by atoms with van der Waals surface area (Å²) in [6.45, 7) is 6.43. The van der Waals surface area contributed by atoms with Crippen molar-refractivity contribution in [1.29, 1.82) is 0 Å². The van der Waals surface area contributed by atoms with Crippen molar-refractivity contribution in [2.75, 3.05) is 44.9 Å². The molecule has 38 heavy (non-hydrogen) atoms. The molecule has 0 atom stereocenters. The lowest BCUT2D eigenvalue weighted by atomic mass is 9.83. The molecule has 3 amide bonds. The van der Waals surface area contributed by atoms with Gasteiger partial charge in [-0.25, -0.2) is 4.68 Å². The number of ether oxygens (including phenoxy) is 2. The summed E-state index contributed by atoms with van der Waals surface area (Å²) in [5, 5.41) is 4.42. The number of rotatable bonds is 7. The van der Waals surface area contributed by atoms with E-state index >= 15 is 0 Å². The molecule has 1 fully saturated rings. The van der Waals surface area contributed by atoms with Crippen molar-refractivity contribution < 1.29 is 23.9 Å². The van der Waals surface area contributed by atoms with E-state index in [1.807, 2.05) is 29.2 Å². The third-order valence-corrected chi connectivity index (χ3v) is 7.20. The Morgan fingerprint density at radius 1 is 1.05 bits per heavy atom. The molecule has 10 heteroatoms. The summed E-state index contributed by atoms with van der Waals surface area (Å²) in [6, 6.07) is 14.9. The molecule has 1 saturated heterocycles. The third kappa shape index (κ3) is 4.63. The molecule has 5 rings (SSSR count). The molecule has 2 aliphatic heterocycles. The van der Waals surface area contributed by atoms with Gasteiger partial charge in [0.2, 0.25) is 5.91 Å². The predicted octanol–water partition coefficient (Wildman–Crippen LogP) is 2.32. The van der Waals surface area contributed by atoms with Crippen LogP contribution in [0, 0.1) is 0 Å². The number of nitrogens with zero attached hydrogens (tertiary/aromatic N) is 4. The molecule has 2 aromatic carbocycles. The van der Waals surface area contributed by atoms with Crippen LogP contribution in [0.15, 0.2) is 48.5 Å². The number of carbonyl (C=O) groups excluding carboxylic acids is 3. The molecule has 2 aliphatic rings. The molecule has 2 N–H and O–H groups in total. The van der Waals surface area contributed by atoms with Crippen LogP contribution < -0.4 is 15.4 Å². The molecular weight excluding hydrogens is 486 g/mol. The number of methoxy groups -OCH3 is 1. The van der Waals surface area contributed by atoms with Crippen LogP contribution in [0.2, 0.25) is 0 Å². The molecule has 0 aliphatic carbocycles. The number of hydrogen-bond donors (Lipinski definition) is 1. The lowest BCUT2D eigenvalue weighted by Crippen LogP contribution is -2.47. The fraction of sp³-hybridized carbons (Fsp3) is 0.357. The van der Waals surface area contributed by atoms with Gasteiger partial charge in [-0.05, 0) is 48.4 Å². The number of fused-ring (bicyclic) bond motifs is 1. The first-order chi connectivity index (χ1) is 18.2. The average molecular weight is 518 g/mol. The van der Waals surface area contributed by atoms with Crippen molar-refractivity contribution in [3.8, 4) is 11.4 Å². The monoisotopic (exact) mass is 517 g/mol. The molecule has 3 aromatic rings. The zero-order chi connectivity index (χ0) is 27.0.